The first-order chi connectivity index (χ1) is 15.6. The highest BCUT2D eigenvalue weighted by Crippen LogP contribution is 2.18. The van der Waals surface area contributed by atoms with Gasteiger partial charge in [-0.05, 0) is 49.7 Å². The fourth-order valence-electron chi connectivity index (χ4n) is 3.64. The zero-order valence-electron chi connectivity index (χ0n) is 18.1. The van der Waals surface area contributed by atoms with Gasteiger partial charge < -0.3 is 14.6 Å². The number of aromatic nitrogens is 2. The summed E-state index contributed by atoms with van der Waals surface area (Å²) < 4.78 is 8.10. The second kappa shape index (κ2) is 10.3. The highest BCUT2D eigenvalue weighted by Gasteiger charge is 2.12. The molecule has 0 radical (unpaired) electrons. The fraction of sp³-hybridized carbons (Fsp3) is 0.231. The molecule has 164 valence electrons. The molecule has 1 N–H and O–H groups in total. The number of para-hydroxylation sites is 2. The van der Waals surface area contributed by atoms with Crippen LogP contribution >= 0.6 is 11.6 Å². The summed E-state index contributed by atoms with van der Waals surface area (Å²) in [5, 5.41) is 3.40. The highest BCUT2D eigenvalue weighted by molar-refractivity contribution is 6.33. The molecule has 0 aliphatic rings. The lowest BCUT2D eigenvalue weighted by Crippen LogP contribution is -2.26. The van der Waals surface area contributed by atoms with Gasteiger partial charge in [0.25, 0.3) is 5.91 Å². The van der Waals surface area contributed by atoms with Crippen molar-refractivity contribution in [2.75, 3.05) is 13.2 Å². The number of rotatable bonds is 9. The molecule has 0 saturated carbocycles. The number of carbonyl (C=O) groups is 1. The maximum absolute atomic E-state index is 12.4. The molecule has 0 fully saturated rings. The highest BCUT2D eigenvalue weighted by atomic mass is 35.5. The average Bonchev–Trinajstić information content (AvgIpc) is 3.15. The number of hydrogen-bond acceptors (Lipinski definition) is 3. The van der Waals surface area contributed by atoms with Gasteiger partial charge in [0.05, 0.1) is 28.2 Å². The van der Waals surface area contributed by atoms with E-state index in [1.165, 1.54) is 5.56 Å². The third-order valence-corrected chi connectivity index (χ3v) is 5.63. The van der Waals surface area contributed by atoms with Crippen molar-refractivity contribution in [2.24, 2.45) is 0 Å². The van der Waals surface area contributed by atoms with Crippen LogP contribution in [0.15, 0.2) is 72.8 Å². The first-order valence-electron chi connectivity index (χ1n) is 10.8. The number of benzene rings is 3. The molecule has 1 heterocycles. The molecule has 0 unspecified atom stereocenters. The molecule has 1 amide bonds. The van der Waals surface area contributed by atoms with E-state index in [2.05, 4.69) is 22.9 Å². The summed E-state index contributed by atoms with van der Waals surface area (Å²) >= 11 is 6.13. The molecule has 0 aliphatic heterocycles. The summed E-state index contributed by atoms with van der Waals surface area (Å²) in [7, 11) is 0. The number of fused-ring (bicyclic) bond motifs is 1. The van der Waals surface area contributed by atoms with Crippen LogP contribution in [0, 0.1) is 6.92 Å². The minimum atomic E-state index is -0.176. The van der Waals surface area contributed by atoms with Crippen molar-refractivity contribution in [1.29, 1.82) is 0 Å². The predicted molar refractivity (Wildman–Crippen MR) is 129 cm³/mol. The molecule has 0 saturated heterocycles. The van der Waals surface area contributed by atoms with Gasteiger partial charge in [-0.15, -0.1) is 0 Å². The lowest BCUT2D eigenvalue weighted by molar-refractivity contribution is 0.0954. The van der Waals surface area contributed by atoms with E-state index < -0.39 is 0 Å². The molecular formula is C26H26ClN3O2. The Bertz CT molecular complexity index is 1200. The SMILES string of the molecule is Cc1ccc(OCCCn2c(CCNC(=O)c3ccccc3Cl)nc3ccccc32)cc1. The second-order valence-corrected chi connectivity index (χ2v) is 8.08. The van der Waals surface area contributed by atoms with Crippen molar-refractivity contribution in [3.05, 3.63) is 94.8 Å². The van der Waals surface area contributed by atoms with Gasteiger partial charge in [0, 0.05) is 19.5 Å². The summed E-state index contributed by atoms with van der Waals surface area (Å²) in [6, 6.07) is 23.2. The zero-order valence-corrected chi connectivity index (χ0v) is 18.8. The summed E-state index contributed by atoms with van der Waals surface area (Å²) in [5.41, 5.74) is 3.75. The Kier molecular flexibility index (Phi) is 7.07. The maximum atomic E-state index is 12.4. The van der Waals surface area contributed by atoms with Gasteiger partial charge in [0.15, 0.2) is 0 Å². The quantitative estimate of drug-likeness (QED) is 0.347. The predicted octanol–water partition coefficient (Wildman–Crippen LogP) is 5.44. The lowest BCUT2D eigenvalue weighted by Gasteiger charge is -2.11. The molecular weight excluding hydrogens is 422 g/mol. The monoisotopic (exact) mass is 447 g/mol. The number of aryl methyl sites for hydroxylation is 2. The van der Waals surface area contributed by atoms with Crippen molar-refractivity contribution in [3.63, 3.8) is 0 Å². The molecule has 4 rings (SSSR count). The van der Waals surface area contributed by atoms with Gasteiger partial charge >= 0.3 is 0 Å². The molecule has 4 aromatic rings. The van der Waals surface area contributed by atoms with E-state index >= 15 is 0 Å². The van der Waals surface area contributed by atoms with Crippen molar-refractivity contribution >= 4 is 28.5 Å². The van der Waals surface area contributed by atoms with Crippen LogP contribution in [0.3, 0.4) is 0 Å². The number of nitrogens with zero attached hydrogens (tertiary/aromatic N) is 2. The van der Waals surface area contributed by atoms with Crippen molar-refractivity contribution in [3.8, 4) is 5.75 Å². The number of ether oxygens (including phenoxy) is 1. The Balaban J connectivity index is 1.38. The summed E-state index contributed by atoms with van der Waals surface area (Å²) in [6.07, 6.45) is 1.48. The number of carbonyl (C=O) groups excluding carboxylic acids is 1. The van der Waals surface area contributed by atoms with Crippen LogP contribution in [0.1, 0.15) is 28.2 Å². The van der Waals surface area contributed by atoms with Crippen LogP contribution in [0.5, 0.6) is 5.75 Å². The molecule has 32 heavy (non-hydrogen) atoms. The van der Waals surface area contributed by atoms with Gasteiger partial charge in [-0.25, -0.2) is 4.98 Å². The van der Waals surface area contributed by atoms with Crippen molar-refractivity contribution < 1.29 is 9.53 Å². The fourth-order valence-corrected chi connectivity index (χ4v) is 3.86. The number of hydrogen-bond donors (Lipinski definition) is 1. The minimum absolute atomic E-state index is 0.176. The van der Waals surface area contributed by atoms with Crippen molar-refractivity contribution in [1.82, 2.24) is 14.9 Å². The van der Waals surface area contributed by atoms with Crippen LogP contribution in [0.2, 0.25) is 5.02 Å². The molecule has 5 nitrogen and oxygen atoms in total. The summed E-state index contributed by atoms with van der Waals surface area (Å²) in [6.45, 7) is 3.96. The topological polar surface area (TPSA) is 56.1 Å². The first kappa shape index (κ1) is 21.9. The summed E-state index contributed by atoms with van der Waals surface area (Å²) in [4.78, 5) is 17.2. The van der Waals surface area contributed by atoms with Crippen LogP contribution in [-0.4, -0.2) is 28.6 Å². The van der Waals surface area contributed by atoms with Crippen molar-refractivity contribution in [2.45, 2.75) is 26.3 Å². The normalized spacial score (nSPS) is 10.9. The Morgan fingerprint density at radius 1 is 1.03 bits per heavy atom. The van der Waals surface area contributed by atoms with Crippen LogP contribution < -0.4 is 10.1 Å². The third kappa shape index (κ3) is 5.29. The molecule has 6 heteroatoms. The second-order valence-electron chi connectivity index (χ2n) is 7.67. The largest absolute Gasteiger partial charge is 0.494 e. The maximum Gasteiger partial charge on any atom is 0.252 e. The third-order valence-electron chi connectivity index (χ3n) is 5.30. The number of nitrogens with one attached hydrogen (secondary N) is 1. The summed E-state index contributed by atoms with van der Waals surface area (Å²) in [5.74, 6) is 1.65. The molecule has 3 aromatic carbocycles. The molecule has 0 spiro atoms. The molecule has 0 aliphatic carbocycles. The molecule has 1 aromatic heterocycles. The number of amides is 1. The van der Waals surface area contributed by atoms with E-state index in [-0.39, 0.29) is 5.91 Å². The average molecular weight is 448 g/mol. The van der Waals surface area contributed by atoms with Gasteiger partial charge in [0.2, 0.25) is 0 Å². The molecule has 0 bridgehead atoms. The minimum Gasteiger partial charge on any atom is -0.494 e. The Morgan fingerprint density at radius 3 is 2.59 bits per heavy atom. The Morgan fingerprint density at radius 2 is 1.78 bits per heavy atom. The van der Waals surface area contributed by atoms with Gasteiger partial charge in [-0.1, -0.05) is 53.6 Å². The van der Waals surface area contributed by atoms with E-state index in [1.54, 1.807) is 18.2 Å². The zero-order chi connectivity index (χ0) is 22.3. The number of imidazole rings is 1. The molecule has 0 atom stereocenters. The van der Waals surface area contributed by atoms with Gasteiger partial charge in [-0.2, -0.15) is 0 Å². The Hall–Kier alpha value is -3.31. The van der Waals surface area contributed by atoms with E-state index in [4.69, 9.17) is 21.3 Å². The number of halogens is 1. The standard InChI is InChI=1S/C26H26ClN3O2/c1-19-11-13-20(14-12-19)32-18-6-17-30-24-10-5-4-9-23(24)29-25(30)15-16-28-26(31)21-7-2-3-8-22(21)27/h2-5,7-14H,6,15-18H2,1H3,(H,28,31). The van der Waals surface area contributed by atoms with E-state index in [1.807, 2.05) is 48.5 Å². The van der Waals surface area contributed by atoms with Gasteiger partial charge in [0.1, 0.15) is 11.6 Å². The van der Waals surface area contributed by atoms with Crippen LogP contribution in [0.25, 0.3) is 11.0 Å². The van der Waals surface area contributed by atoms with E-state index in [9.17, 15) is 4.79 Å². The van der Waals surface area contributed by atoms with Crippen LogP contribution in [0.4, 0.5) is 0 Å². The van der Waals surface area contributed by atoms with E-state index in [0.29, 0.717) is 30.2 Å². The Labute approximate surface area is 193 Å². The van der Waals surface area contributed by atoms with Crippen LogP contribution in [-0.2, 0) is 13.0 Å². The first-order valence-corrected chi connectivity index (χ1v) is 11.2. The lowest BCUT2D eigenvalue weighted by atomic mass is 10.2. The van der Waals surface area contributed by atoms with Gasteiger partial charge in [-0.3, -0.25) is 4.79 Å². The van der Waals surface area contributed by atoms with E-state index in [0.717, 1.165) is 35.6 Å². The smallest absolute Gasteiger partial charge is 0.252 e.